The predicted octanol–water partition coefficient (Wildman–Crippen LogP) is 8.67. The maximum Gasteiger partial charge on any atom is 0.460 e. The van der Waals surface area contributed by atoms with Crippen LogP contribution in [0, 0.1) is 12.6 Å². The third-order valence-corrected chi connectivity index (χ3v) is 4.93. The van der Waals surface area contributed by atoms with Gasteiger partial charge in [-0.3, -0.25) is 0 Å². The topological polar surface area (TPSA) is 0 Å². The molecule has 0 N–H and O–H groups in total. The lowest BCUT2D eigenvalue weighted by molar-refractivity contribution is -0.474. The average molecular weight is 620 g/mol. The highest BCUT2D eigenvalue weighted by Crippen LogP contribution is 2.67. The second-order valence-corrected chi connectivity index (χ2v) is 7.35. The SMILES string of the molecule is [CH]=Cc1cc[c]cc1C(F)(F)C(F)(F)C(F)(F)C(F)(F)C(F)(F)C(F)(F)C(F)(F)C(F)(F)C(F)(F)C(F)(F)F. The summed E-state index contributed by atoms with van der Waals surface area (Å²) < 4.78 is 281. The van der Waals surface area contributed by atoms with E-state index < -0.39 is 76.7 Å². The van der Waals surface area contributed by atoms with Crippen molar-refractivity contribution < 1.29 is 92.2 Å². The molecule has 1 aromatic carbocycles. The molecule has 0 aliphatic rings. The van der Waals surface area contributed by atoms with Gasteiger partial charge in [-0.05, 0) is 17.7 Å². The van der Waals surface area contributed by atoms with Gasteiger partial charge >= 0.3 is 59.5 Å². The lowest BCUT2D eigenvalue weighted by Gasteiger charge is -2.44. The molecule has 2 radical (unpaired) electrons. The minimum absolute atomic E-state index is 0.102. The summed E-state index contributed by atoms with van der Waals surface area (Å²) in [6.07, 6.45) is -8.12. The fourth-order valence-electron chi connectivity index (χ4n) is 2.59. The first-order valence-electron chi connectivity index (χ1n) is 8.83. The fourth-order valence-corrected chi connectivity index (χ4v) is 2.59. The number of benzene rings is 1. The van der Waals surface area contributed by atoms with Crippen molar-refractivity contribution in [1.29, 1.82) is 0 Å². The Hall–Kier alpha value is -2.51. The van der Waals surface area contributed by atoms with Gasteiger partial charge in [0.1, 0.15) is 0 Å². The molecule has 0 heterocycles. The molecule has 21 heteroatoms. The molecular formula is C18H5F21. The summed E-state index contributed by atoms with van der Waals surface area (Å²) in [6, 6.07) is 1.86. The van der Waals surface area contributed by atoms with Crippen molar-refractivity contribution in [3.8, 4) is 0 Å². The van der Waals surface area contributed by atoms with E-state index in [2.05, 4.69) is 0 Å². The summed E-state index contributed by atoms with van der Waals surface area (Å²) in [7, 11) is 0. The number of hydrogen-bond acceptors (Lipinski definition) is 0. The number of hydrogen-bond donors (Lipinski definition) is 0. The van der Waals surface area contributed by atoms with Gasteiger partial charge in [0.25, 0.3) is 0 Å². The van der Waals surface area contributed by atoms with Gasteiger partial charge in [-0.2, -0.15) is 92.2 Å². The molecule has 0 atom stereocenters. The number of halogens is 21. The van der Waals surface area contributed by atoms with Crippen LogP contribution in [-0.2, 0) is 5.92 Å². The van der Waals surface area contributed by atoms with Crippen LogP contribution in [-0.4, -0.2) is 53.6 Å². The van der Waals surface area contributed by atoms with Crippen molar-refractivity contribution in [2.75, 3.05) is 0 Å². The fraction of sp³-hybridized carbons (Fsp3) is 0.556. The van der Waals surface area contributed by atoms with E-state index >= 15 is 0 Å². The van der Waals surface area contributed by atoms with E-state index in [4.69, 9.17) is 6.58 Å². The molecule has 1 aromatic rings. The quantitative estimate of drug-likeness (QED) is 0.230. The highest BCUT2D eigenvalue weighted by molar-refractivity contribution is 5.52. The first-order valence-corrected chi connectivity index (χ1v) is 8.83. The zero-order valence-corrected chi connectivity index (χ0v) is 17.3. The maximum absolute atomic E-state index is 14.2. The van der Waals surface area contributed by atoms with Gasteiger partial charge in [0.05, 0.1) is 0 Å². The lowest BCUT2D eigenvalue weighted by Crippen LogP contribution is -2.76. The Morgan fingerprint density at radius 1 is 0.487 bits per heavy atom. The first-order chi connectivity index (χ1) is 16.8. The molecule has 0 fully saturated rings. The monoisotopic (exact) mass is 620 g/mol. The van der Waals surface area contributed by atoms with E-state index in [9.17, 15) is 92.2 Å². The highest BCUT2D eigenvalue weighted by atomic mass is 19.4. The molecule has 224 valence electrons. The van der Waals surface area contributed by atoms with Crippen LogP contribution in [0.1, 0.15) is 11.1 Å². The van der Waals surface area contributed by atoms with Gasteiger partial charge in [0.2, 0.25) is 0 Å². The van der Waals surface area contributed by atoms with E-state index in [0.29, 0.717) is 6.07 Å². The van der Waals surface area contributed by atoms with Gasteiger partial charge in [0, 0.05) is 5.56 Å². The molecule has 0 nitrogen and oxygen atoms in total. The zero-order chi connectivity index (χ0) is 31.7. The minimum Gasteiger partial charge on any atom is -0.194 e. The average Bonchev–Trinajstić information content (AvgIpc) is 2.76. The molecule has 0 spiro atoms. The minimum atomic E-state index is -9.20. The molecule has 0 amide bonds. The van der Waals surface area contributed by atoms with Crippen molar-refractivity contribution in [2.45, 2.75) is 59.5 Å². The van der Waals surface area contributed by atoms with Crippen molar-refractivity contribution in [2.24, 2.45) is 0 Å². The van der Waals surface area contributed by atoms with E-state index in [1.807, 2.05) is 0 Å². The second kappa shape index (κ2) is 9.00. The molecule has 1 rings (SSSR count). The molecule has 0 bridgehead atoms. The Kier molecular flexibility index (Phi) is 7.97. The van der Waals surface area contributed by atoms with Crippen molar-refractivity contribution in [3.63, 3.8) is 0 Å². The number of rotatable bonds is 10. The molecule has 0 unspecified atom stereocenters. The molecule has 0 aliphatic carbocycles. The first kappa shape index (κ1) is 34.5. The van der Waals surface area contributed by atoms with E-state index in [-0.39, 0.29) is 12.1 Å². The Labute approximate surface area is 201 Å². The van der Waals surface area contributed by atoms with Gasteiger partial charge in [0.15, 0.2) is 0 Å². The summed E-state index contributed by atoms with van der Waals surface area (Å²) in [6.45, 7) is 4.70. The van der Waals surface area contributed by atoms with Gasteiger partial charge in [-0.1, -0.05) is 24.8 Å². The Balaban J connectivity index is 3.88. The van der Waals surface area contributed by atoms with Gasteiger partial charge in [-0.15, -0.1) is 0 Å². The van der Waals surface area contributed by atoms with Crippen LogP contribution in [0.2, 0.25) is 0 Å². The summed E-state index contributed by atoms with van der Waals surface area (Å²) in [5.74, 6) is -77.5. The van der Waals surface area contributed by atoms with E-state index in [1.54, 1.807) is 0 Å². The molecule has 0 saturated carbocycles. The van der Waals surface area contributed by atoms with Crippen molar-refractivity contribution in [3.05, 3.63) is 42.0 Å². The van der Waals surface area contributed by atoms with Crippen LogP contribution in [0.3, 0.4) is 0 Å². The summed E-state index contributed by atoms with van der Waals surface area (Å²) in [4.78, 5) is 0. The van der Waals surface area contributed by atoms with E-state index in [1.165, 1.54) is 6.07 Å². The summed E-state index contributed by atoms with van der Waals surface area (Å²) in [5.41, 5.74) is -4.00. The van der Waals surface area contributed by atoms with Crippen LogP contribution in [0.4, 0.5) is 92.2 Å². The molecule has 39 heavy (non-hydrogen) atoms. The lowest BCUT2D eigenvalue weighted by atomic mass is 9.84. The third kappa shape index (κ3) is 4.19. The second-order valence-electron chi connectivity index (χ2n) is 7.35. The van der Waals surface area contributed by atoms with Crippen molar-refractivity contribution in [1.82, 2.24) is 0 Å². The van der Waals surface area contributed by atoms with Crippen LogP contribution < -0.4 is 0 Å². The smallest absolute Gasteiger partial charge is 0.194 e. The summed E-state index contributed by atoms with van der Waals surface area (Å²) >= 11 is 0. The summed E-state index contributed by atoms with van der Waals surface area (Å²) in [5, 5.41) is 0. The van der Waals surface area contributed by atoms with Crippen LogP contribution in [0.25, 0.3) is 6.08 Å². The molecular weight excluding hydrogens is 615 g/mol. The van der Waals surface area contributed by atoms with Crippen LogP contribution in [0.5, 0.6) is 0 Å². The molecule has 0 aliphatic heterocycles. The van der Waals surface area contributed by atoms with Gasteiger partial charge in [-0.25, -0.2) is 0 Å². The number of alkyl halides is 21. The van der Waals surface area contributed by atoms with Crippen molar-refractivity contribution >= 4 is 6.08 Å². The third-order valence-electron chi connectivity index (χ3n) is 4.93. The molecule has 0 saturated heterocycles. The Bertz CT molecular complexity index is 1060. The normalized spacial score (nSPS) is 15.9. The van der Waals surface area contributed by atoms with Crippen LogP contribution in [0.15, 0.2) is 18.2 Å². The standard InChI is InChI=1S/C18H5F21/c1-2-7-5-3-4-6-8(7)9(19,20)10(21,22)11(23,24)12(25,26)13(27,28)14(29,30)15(31,32)16(33,34)17(35,36)18(37,38)39/h1-3,5-6H. The Morgan fingerprint density at radius 3 is 1.10 bits per heavy atom. The van der Waals surface area contributed by atoms with Crippen LogP contribution >= 0.6 is 0 Å². The Morgan fingerprint density at radius 2 is 0.795 bits per heavy atom. The maximum atomic E-state index is 14.2. The van der Waals surface area contributed by atoms with E-state index in [0.717, 1.165) is 0 Å². The predicted molar refractivity (Wildman–Crippen MR) is 83.6 cm³/mol. The van der Waals surface area contributed by atoms with Gasteiger partial charge < -0.3 is 0 Å². The largest absolute Gasteiger partial charge is 0.460 e. The highest BCUT2D eigenvalue weighted by Gasteiger charge is 2.97. The zero-order valence-electron chi connectivity index (χ0n) is 17.3. The molecule has 0 aromatic heterocycles.